The first kappa shape index (κ1) is 9.06. The SMILES string of the molecule is CC(C)(C)c1cnnc2cccnc12. The van der Waals surface area contributed by atoms with Crippen molar-refractivity contribution in [3.8, 4) is 0 Å². The Morgan fingerprint density at radius 3 is 2.71 bits per heavy atom. The summed E-state index contributed by atoms with van der Waals surface area (Å²) in [6, 6.07) is 3.81. The van der Waals surface area contributed by atoms with Crippen molar-refractivity contribution < 1.29 is 0 Å². The van der Waals surface area contributed by atoms with Gasteiger partial charge < -0.3 is 0 Å². The third-order valence-electron chi connectivity index (χ3n) is 2.20. The zero-order valence-electron chi connectivity index (χ0n) is 8.65. The second-order valence-corrected chi connectivity index (χ2v) is 4.38. The van der Waals surface area contributed by atoms with E-state index in [1.807, 2.05) is 12.1 Å². The number of pyridine rings is 1. The first-order chi connectivity index (χ1) is 6.59. The molecule has 0 amide bonds. The molecule has 0 fully saturated rings. The van der Waals surface area contributed by atoms with E-state index in [9.17, 15) is 0 Å². The largest absolute Gasteiger partial charge is 0.254 e. The molecule has 0 saturated heterocycles. The molecule has 0 aliphatic heterocycles. The van der Waals surface area contributed by atoms with Crippen LogP contribution >= 0.6 is 0 Å². The van der Waals surface area contributed by atoms with E-state index in [1.165, 1.54) is 0 Å². The summed E-state index contributed by atoms with van der Waals surface area (Å²) in [7, 11) is 0. The zero-order chi connectivity index (χ0) is 10.2. The fourth-order valence-corrected chi connectivity index (χ4v) is 1.44. The molecule has 0 aliphatic carbocycles. The van der Waals surface area contributed by atoms with Gasteiger partial charge in [-0.05, 0) is 17.5 Å². The molecule has 3 heteroatoms. The van der Waals surface area contributed by atoms with E-state index in [2.05, 4.69) is 36.0 Å². The Kier molecular flexibility index (Phi) is 1.95. The fraction of sp³-hybridized carbons (Fsp3) is 0.364. The quantitative estimate of drug-likeness (QED) is 0.635. The molecule has 2 heterocycles. The number of hydrogen-bond acceptors (Lipinski definition) is 3. The van der Waals surface area contributed by atoms with Crippen molar-refractivity contribution in [2.45, 2.75) is 26.2 Å². The molecule has 0 unspecified atom stereocenters. The molecule has 0 atom stereocenters. The molecule has 3 nitrogen and oxygen atoms in total. The van der Waals surface area contributed by atoms with Gasteiger partial charge in [0.15, 0.2) is 0 Å². The number of hydrogen-bond donors (Lipinski definition) is 0. The van der Waals surface area contributed by atoms with Gasteiger partial charge >= 0.3 is 0 Å². The van der Waals surface area contributed by atoms with Crippen LogP contribution in [0.2, 0.25) is 0 Å². The fourth-order valence-electron chi connectivity index (χ4n) is 1.44. The molecule has 0 spiro atoms. The molecule has 0 aromatic carbocycles. The first-order valence-electron chi connectivity index (χ1n) is 4.66. The Morgan fingerprint density at radius 1 is 1.21 bits per heavy atom. The smallest absolute Gasteiger partial charge is 0.112 e. The molecular formula is C11H13N3. The van der Waals surface area contributed by atoms with Crippen molar-refractivity contribution in [1.82, 2.24) is 15.2 Å². The minimum Gasteiger partial charge on any atom is -0.254 e. The topological polar surface area (TPSA) is 38.7 Å². The van der Waals surface area contributed by atoms with Crippen LogP contribution in [0.15, 0.2) is 24.5 Å². The van der Waals surface area contributed by atoms with E-state index < -0.39 is 0 Å². The number of nitrogens with zero attached hydrogens (tertiary/aromatic N) is 3. The highest BCUT2D eigenvalue weighted by Gasteiger charge is 2.18. The van der Waals surface area contributed by atoms with Crippen molar-refractivity contribution in [2.75, 3.05) is 0 Å². The molecule has 0 bridgehead atoms. The maximum absolute atomic E-state index is 4.35. The molecule has 14 heavy (non-hydrogen) atoms. The van der Waals surface area contributed by atoms with Gasteiger partial charge in [0.05, 0.1) is 11.7 Å². The summed E-state index contributed by atoms with van der Waals surface area (Å²) in [5, 5.41) is 8.03. The second-order valence-electron chi connectivity index (χ2n) is 4.38. The Balaban J connectivity index is 2.78. The highest BCUT2D eigenvalue weighted by molar-refractivity contribution is 5.77. The van der Waals surface area contributed by atoms with Crippen molar-refractivity contribution >= 4 is 11.0 Å². The van der Waals surface area contributed by atoms with Crippen LogP contribution < -0.4 is 0 Å². The van der Waals surface area contributed by atoms with Gasteiger partial charge in [-0.2, -0.15) is 5.10 Å². The van der Waals surface area contributed by atoms with Crippen LogP contribution in [-0.4, -0.2) is 15.2 Å². The molecule has 0 N–H and O–H groups in total. The van der Waals surface area contributed by atoms with Crippen LogP contribution in [-0.2, 0) is 5.41 Å². The maximum atomic E-state index is 4.35. The second kappa shape index (κ2) is 3.01. The normalized spacial score (nSPS) is 11.9. The zero-order valence-corrected chi connectivity index (χ0v) is 8.65. The van der Waals surface area contributed by atoms with Crippen LogP contribution in [0.25, 0.3) is 11.0 Å². The molecule has 72 valence electrons. The Labute approximate surface area is 83.2 Å². The number of rotatable bonds is 0. The van der Waals surface area contributed by atoms with Crippen molar-refractivity contribution in [3.63, 3.8) is 0 Å². The van der Waals surface area contributed by atoms with E-state index in [1.54, 1.807) is 12.4 Å². The monoisotopic (exact) mass is 187 g/mol. The van der Waals surface area contributed by atoms with Gasteiger partial charge in [-0.3, -0.25) is 4.98 Å². The standard InChI is InChI=1S/C11H13N3/c1-11(2,3)8-7-13-14-9-5-4-6-12-10(8)9/h4-7H,1-3H3. The van der Waals surface area contributed by atoms with Gasteiger partial charge in [0.25, 0.3) is 0 Å². The van der Waals surface area contributed by atoms with Gasteiger partial charge in [0, 0.05) is 11.8 Å². The van der Waals surface area contributed by atoms with Gasteiger partial charge in [-0.1, -0.05) is 20.8 Å². The molecule has 2 aromatic heterocycles. The molecular weight excluding hydrogens is 174 g/mol. The molecule has 2 rings (SSSR count). The summed E-state index contributed by atoms with van der Waals surface area (Å²) in [5.41, 5.74) is 3.01. The van der Waals surface area contributed by atoms with E-state index in [-0.39, 0.29) is 5.41 Å². The number of aromatic nitrogens is 3. The third-order valence-corrected chi connectivity index (χ3v) is 2.20. The molecule has 2 aromatic rings. The summed E-state index contributed by atoms with van der Waals surface area (Å²) in [5.74, 6) is 0. The van der Waals surface area contributed by atoms with E-state index in [4.69, 9.17) is 0 Å². The lowest BCUT2D eigenvalue weighted by atomic mass is 9.87. The van der Waals surface area contributed by atoms with Crippen LogP contribution in [0.3, 0.4) is 0 Å². The Bertz CT molecular complexity index is 452. The predicted molar refractivity (Wildman–Crippen MR) is 56.0 cm³/mol. The molecule has 0 saturated carbocycles. The lowest BCUT2D eigenvalue weighted by Gasteiger charge is -2.18. The molecule has 0 aliphatic rings. The van der Waals surface area contributed by atoms with Crippen molar-refractivity contribution in [2.24, 2.45) is 0 Å². The maximum Gasteiger partial charge on any atom is 0.112 e. The average molecular weight is 187 g/mol. The summed E-state index contributed by atoms with van der Waals surface area (Å²) in [6.07, 6.45) is 3.59. The van der Waals surface area contributed by atoms with E-state index >= 15 is 0 Å². The third kappa shape index (κ3) is 1.45. The highest BCUT2D eigenvalue weighted by atomic mass is 15.1. The van der Waals surface area contributed by atoms with Crippen LogP contribution in [0.4, 0.5) is 0 Å². The average Bonchev–Trinajstić information content (AvgIpc) is 2.15. The van der Waals surface area contributed by atoms with Crippen molar-refractivity contribution in [3.05, 3.63) is 30.1 Å². The lowest BCUT2D eigenvalue weighted by Crippen LogP contribution is -2.13. The predicted octanol–water partition coefficient (Wildman–Crippen LogP) is 2.32. The minimum absolute atomic E-state index is 0.0581. The van der Waals surface area contributed by atoms with E-state index in [0.29, 0.717) is 0 Å². The first-order valence-corrected chi connectivity index (χ1v) is 4.66. The van der Waals surface area contributed by atoms with E-state index in [0.717, 1.165) is 16.6 Å². The Morgan fingerprint density at radius 2 is 2.00 bits per heavy atom. The summed E-state index contributed by atoms with van der Waals surface area (Å²) < 4.78 is 0. The summed E-state index contributed by atoms with van der Waals surface area (Å²) >= 11 is 0. The van der Waals surface area contributed by atoms with Crippen LogP contribution in [0, 0.1) is 0 Å². The highest BCUT2D eigenvalue weighted by Crippen LogP contribution is 2.26. The summed E-state index contributed by atoms with van der Waals surface area (Å²) in [6.45, 7) is 6.45. The van der Waals surface area contributed by atoms with Gasteiger partial charge in [-0.25, -0.2) is 0 Å². The van der Waals surface area contributed by atoms with Gasteiger partial charge in [0.2, 0.25) is 0 Å². The Hall–Kier alpha value is -1.51. The van der Waals surface area contributed by atoms with Crippen LogP contribution in [0.1, 0.15) is 26.3 Å². The van der Waals surface area contributed by atoms with Gasteiger partial charge in [0.1, 0.15) is 5.52 Å². The summed E-state index contributed by atoms with van der Waals surface area (Å²) in [4.78, 5) is 4.35. The molecule has 0 radical (unpaired) electrons. The van der Waals surface area contributed by atoms with Gasteiger partial charge in [-0.15, -0.1) is 5.10 Å². The van der Waals surface area contributed by atoms with Crippen LogP contribution in [0.5, 0.6) is 0 Å². The lowest BCUT2D eigenvalue weighted by molar-refractivity contribution is 0.590. The minimum atomic E-state index is 0.0581. The van der Waals surface area contributed by atoms with Crippen molar-refractivity contribution in [1.29, 1.82) is 0 Å². The number of fused-ring (bicyclic) bond motifs is 1.